The van der Waals surface area contributed by atoms with E-state index in [9.17, 15) is 24.3 Å². The molecule has 6 rings (SSSR count). The molecule has 0 aromatic carbocycles. The summed E-state index contributed by atoms with van der Waals surface area (Å²) in [4.78, 5) is 71.7. The van der Waals surface area contributed by atoms with Crippen LogP contribution in [0, 0.1) is 13.8 Å². The van der Waals surface area contributed by atoms with Crippen LogP contribution in [0.15, 0.2) is 18.2 Å². The largest absolute Gasteiger partial charge is 2.00 e. The van der Waals surface area contributed by atoms with Gasteiger partial charge in [-0.3, -0.25) is 29.1 Å². The van der Waals surface area contributed by atoms with E-state index in [1.807, 2.05) is 39.0 Å². The zero-order chi connectivity index (χ0) is 32.5. The molecule has 0 saturated carbocycles. The average Bonchev–Trinajstić information content (AvgIpc) is 3.72. The number of aryl methyl sites for hydroxylation is 2. The van der Waals surface area contributed by atoms with Gasteiger partial charge in [0, 0.05) is 64.0 Å². The number of esters is 1. The van der Waals surface area contributed by atoms with Gasteiger partial charge in [0.05, 0.1) is 7.11 Å². The molecule has 8 bridgehead atoms. The van der Waals surface area contributed by atoms with Crippen molar-refractivity contribution in [3.8, 4) is 0 Å². The summed E-state index contributed by atoms with van der Waals surface area (Å²) >= 11 is 0. The molecule has 2 aliphatic heterocycles. The van der Waals surface area contributed by atoms with Crippen molar-refractivity contribution in [3.05, 3.63) is 68.8 Å². The van der Waals surface area contributed by atoms with E-state index in [1.54, 1.807) is 0 Å². The minimum atomic E-state index is -1.26. The number of nitrogens with zero attached hydrogens (tertiary/aromatic N) is 4. The van der Waals surface area contributed by atoms with Gasteiger partial charge in [-0.2, -0.15) is 0 Å². The molecular formula is C35H36MgN4O6. The van der Waals surface area contributed by atoms with Gasteiger partial charge in [0.15, 0.2) is 11.6 Å². The van der Waals surface area contributed by atoms with Crippen LogP contribution < -0.4 is 9.97 Å². The Bertz CT molecular complexity index is 1970. The van der Waals surface area contributed by atoms with Crippen molar-refractivity contribution in [1.29, 1.82) is 0 Å². The summed E-state index contributed by atoms with van der Waals surface area (Å²) in [7, 11) is 1.24. The number of ether oxygens (including phenoxy) is 1. The fourth-order valence-corrected chi connectivity index (χ4v) is 7.44. The van der Waals surface area contributed by atoms with Gasteiger partial charge >= 0.3 is 35.0 Å². The van der Waals surface area contributed by atoms with E-state index in [4.69, 9.17) is 24.7 Å². The molecule has 3 aromatic heterocycles. The zero-order valence-corrected chi connectivity index (χ0v) is 28.6. The molecule has 1 N–H and O–H groups in total. The Labute approximate surface area is 282 Å². The SMILES string of the molecule is CC[C@H]1c2cc3[n-]c4c(c3C)C(=O)[C@H](C(=O)OC)c4c3nc(cc4[n-]c(cc(n2)[C@@H]1C)c(C(C)=O)c4C)[C@@H](C)[C@@H]3CCC(=O)O.[Mg+2]. The molecule has 5 atom stereocenters. The topological polar surface area (TPSA) is 152 Å². The number of hydrogen-bond acceptors (Lipinski definition) is 7. The Morgan fingerprint density at radius 1 is 0.913 bits per heavy atom. The van der Waals surface area contributed by atoms with Crippen LogP contribution in [0.4, 0.5) is 0 Å². The summed E-state index contributed by atoms with van der Waals surface area (Å²) in [5.41, 5.74) is 7.44. The number of aromatic nitrogens is 4. The summed E-state index contributed by atoms with van der Waals surface area (Å²) in [5, 5.41) is 9.59. The number of carbonyl (C=O) groups is 4. The van der Waals surface area contributed by atoms with E-state index in [1.165, 1.54) is 14.0 Å². The van der Waals surface area contributed by atoms with Crippen molar-refractivity contribution < 1.29 is 29.0 Å². The molecule has 0 unspecified atom stereocenters. The molecule has 46 heavy (non-hydrogen) atoms. The van der Waals surface area contributed by atoms with E-state index in [0.29, 0.717) is 61.3 Å². The van der Waals surface area contributed by atoms with Gasteiger partial charge in [-0.1, -0.05) is 50.1 Å². The molecule has 10 nitrogen and oxygen atoms in total. The van der Waals surface area contributed by atoms with Gasteiger partial charge in [-0.25, -0.2) is 0 Å². The number of fused-ring (bicyclic) bond motifs is 8. The molecule has 0 fully saturated rings. The Kier molecular flexibility index (Phi) is 9.04. The first-order chi connectivity index (χ1) is 21.4. The van der Waals surface area contributed by atoms with Crippen LogP contribution in [0.1, 0.15) is 137 Å². The normalized spacial score (nSPS) is 21.6. The molecule has 3 aromatic rings. The third-order valence-corrected chi connectivity index (χ3v) is 9.94. The second-order valence-corrected chi connectivity index (χ2v) is 12.5. The summed E-state index contributed by atoms with van der Waals surface area (Å²) in [5.74, 6) is -3.98. The van der Waals surface area contributed by atoms with Gasteiger partial charge in [0.1, 0.15) is 5.92 Å². The average molecular weight is 633 g/mol. The van der Waals surface area contributed by atoms with Crippen LogP contribution in [-0.4, -0.2) is 68.7 Å². The molecule has 0 saturated heterocycles. The Hall–Kier alpha value is -3.83. The summed E-state index contributed by atoms with van der Waals surface area (Å²) in [6, 6.07) is 5.64. The second-order valence-electron chi connectivity index (χ2n) is 12.5. The van der Waals surface area contributed by atoms with Gasteiger partial charge < -0.3 is 19.8 Å². The van der Waals surface area contributed by atoms with Gasteiger partial charge in [-0.05, 0) is 39.2 Å². The number of carboxylic acids is 1. The number of carboxylic acid groups (broad SMARTS) is 1. The number of aliphatic carboxylic acids is 1. The second kappa shape index (κ2) is 12.4. The van der Waals surface area contributed by atoms with Crippen molar-refractivity contribution in [1.82, 2.24) is 19.9 Å². The van der Waals surface area contributed by atoms with E-state index >= 15 is 0 Å². The Balaban J connectivity index is 0.00000417. The zero-order valence-electron chi connectivity index (χ0n) is 27.2. The predicted octanol–water partition coefficient (Wildman–Crippen LogP) is 5.51. The maximum atomic E-state index is 14.0. The summed E-state index contributed by atoms with van der Waals surface area (Å²) in [6.07, 6.45) is 0.933. The Morgan fingerprint density at radius 3 is 2.15 bits per heavy atom. The molecule has 1 aliphatic carbocycles. The molecule has 5 heterocycles. The van der Waals surface area contributed by atoms with Crippen LogP contribution in [0.2, 0.25) is 0 Å². The Morgan fingerprint density at radius 2 is 1.52 bits per heavy atom. The smallest absolute Gasteiger partial charge is 0.657 e. The molecule has 3 aliphatic rings. The first-order valence-corrected chi connectivity index (χ1v) is 15.4. The van der Waals surface area contributed by atoms with Gasteiger partial charge in [-0.15, -0.1) is 22.1 Å². The molecule has 11 heteroatoms. The fraction of sp³-hybridized carbons (Fsp3) is 0.429. The van der Waals surface area contributed by atoms with E-state index < -0.39 is 29.6 Å². The van der Waals surface area contributed by atoms with Crippen LogP contribution in [0.5, 0.6) is 0 Å². The minimum Gasteiger partial charge on any atom is -0.657 e. The monoisotopic (exact) mass is 632 g/mol. The number of carbonyl (C=O) groups excluding carboxylic acids is 3. The molecule has 0 amide bonds. The quantitative estimate of drug-likeness (QED) is 0.159. The summed E-state index contributed by atoms with van der Waals surface area (Å²) in [6.45, 7) is 11.4. The van der Waals surface area contributed by atoms with Gasteiger partial charge in [0.25, 0.3) is 0 Å². The number of ketones is 2. The van der Waals surface area contributed by atoms with E-state index in [2.05, 4.69) is 13.8 Å². The fourth-order valence-electron chi connectivity index (χ4n) is 7.44. The maximum Gasteiger partial charge on any atom is 2.00 e. The van der Waals surface area contributed by atoms with Crippen LogP contribution in [0.3, 0.4) is 0 Å². The van der Waals surface area contributed by atoms with Crippen molar-refractivity contribution in [2.45, 2.75) is 90.4 Å². The number of hydrogen-bond donors (Lipinski definition) is 1. The first-order valence-electron chi connectivity index (χ1n) is 15.4. The third kappa shape index (κ3) is 5.17. The number of methoxy groups -OCH3 is 1. The maximum absolute atomic E-state index is 14.0. The number of Topliss-reactive ketones (excluding diaryl/α,β-unsaturated/α-hetero) is 2. The molecule has 0 radical (unpaired) electrons. The minimum absolute atomic E-state index is 0. The molecule has 234 valence electrons. The van der Waals surface area contributed by atoms with E-state index in [0.717, 1.165) is 17.8 Å². The first kappa shape index (κ1) is 33.5. The molecule has 0 spiro atoms. The van der Waals surface area contributed by atoms with Crippen molar-refractivity contribution >= 4 is 68.6 Å². The molecular weight excluding hydrogens is 597 g/mol. The summed E-state index contributed by atoms with van der Waals surface area (Å²) < 4.78 is 5.11. The van der Waals surface area contributed by atoms with Crippen molar-refractivity contribution in [3.63, 3.8) is 0 Å². The van der Waals surface area contributed by atoms with Crippen LogP contribution in [-0.2, 0) is 14.3 Å². The van der Waals surface area contributed by atoms with Crippen molar-refractivity contribution in [2.75, 3.05) is 7.11 Å². The third-order valence-electron chi connectivity index (χ3n) is 9.94. The van der Waals surface area contributed by atoms with Crippen LogP contribution in [0.25, 0.3) is 22.1 Å². The van der Waals surface area contributed by atoms with Crippen LogP contribution >= 0.6 is 0 Å². The van der Waals surface area contributed by atoms with Crippen molar-refractivity contribution in [2.24, 2.45) is 0 Å². The number of rotatable bonds is 6. The van der Waals surface area contributed by atoms with E-state index in [-0.39, 0.29) is 59.4 Å². The standard InChI is InChI=1S/C35H38N4O6.Mg/c1-8-19-14(2)21-13-26-28(18(6)40)16(4)23(37-26)11-22-15(3)20(9-10-27(41)42)32(38-22)30-31(35(44)45-7)34(43)29-17(5)24(39-33(29)30)12-25(19)36-21;/h11-15,19-20,31H,8-10H2,1-7H3,(H3,36,37,38,39,40,41,42,43);/q;+2/p-2/t14-,15+,19-,20+,31-;/m1./s1. The van der Waals surface area contributed by atoms with Gasteiger partial charge in [0.2, 0.25) is 0 Å². The predicted molar refractivity (Wildman–Crippen MR) is 173 cm³/mol.